The molecule has 0 spiro atoms. The smallest absolute Gasteiger partial charge is 0.318 e. The second kappa shape index (κ2) is 7.17. The van der Waals surface area contributed by atoms with Crippen molar-refractivity contribution in [3.05, 3.63) is 47.5 Å². The summed E-state index contributed by atoms with van der Waals surface area (Å²) < 4.78 is 28.9. The van der Waals surface area contributed by atoms with Gasteiger partial charge in [0.1, 0.15) is 18.0 Å². The van der Waals surface area contributed by atoms with Gasteiger partial charge < -0.3 is 14.8 Å². The summed E-state index contributed by atoms with van der Waals surface area (Å²) in [7, 11) is 1.52. The first-order chi connectivity index (χ1) is 10.9. The zero-order valence-corrected chi connectivity index (χ0v) is 13.3. The molecule has 2 aromatic rings. The maximum Gasteiger partial charge on any atom is 0.318 e. The first-order valence-corrected chi connectivity index (χ1v) is 7.26. The van der Waals surface area contributed by atoms with Crippen molar-refractivity contribution < 1.29 is 13.6 Å². The Bertz CT molecular complexity index is 688. The summed E-state index contributed by atoms with van der Waals surface area (Å²) in [6, 6.07) is 2.17. The largest absolute Gasteiger partial charge is 0.331 e. The number of rotatable bonds is 5. The zero-order chi connectivity index (χ0) is 17.0. The zero-order valence-electron chi connectivity index (χ0n) is 13.3. The van der Waals surface area contributed by atoms with Crippen molar-refractivity contribution in [3.63, 3.8) is 0 Å². The van der Waals surface area contributed by atoms with Gasteiger partial charge in [-0.05, 0) is 32.0 Å². The monoisotopic (exact) mass is 323 g/mol. The van der Waals surface area contributed by atoms with E-state index in [4.69, 9.17) is 0 Å². The molecule has 0 saturated carbocycles. The Morgan fingerprint density at radius 3 is 2.87 bits per heavy atom. The fourth-order valence-electron chi connectivity index (χ4n) is 2.18. The molecule has 1 aromatic heterocycles. The van der Waals surface area contributed by atoms with E-state index in [-0.39, 0.29) is 12.1 Å². The summed E-state index contributed by atoms with van der Waals surface area (Å²) in [6.07, 6.45) is 1.58. The second-order valence-electron chi connectivity index (χ2n) is 5.14. The van der Waals surface area contributed by atoms with Crippen molar-refractivity contribution in [1.82, 2.24) is 25.0 Å². The van der Waals surface area contributed by atoms with Gasteiger partial charge in [-0.15, -0.1) is 10.2 Å². The van der Waals surface area contributed by atoms with E-state index in [1.54, 1.807) is 17.8 Å². The van der Waals surface area contributed by atoms with Gasteiger partial charge >= 0.3 is 6.03 Å². The van der Waals surface area contributed by atoms with Crippen LogP contribution in [0.4, 0.5) is 13.6 Å². The second-order valence-corrected chi connectivity index (χ2v) is 5.14. The molecular formula is C15H19F2N5O. The Kier molecular flexibility index (Phi) is 5.25. The molecule has 0 radical (unpaired) electrons. The third-order valence-electron chi connectivity index (χ3n) is 3.74. The lowest BCUT2D eigenvalue weighted by Crippen LogP contribution is -2.39. The Morgan fingerprint density at radius 1 is 1.43 bits per heavy atom. The number of benzene rings is 1. The van der Waals surface area contributed by atoms with Gasteiger partial charge in [-0.2, -0.15) is 0 Å². The first kappa shape index (κ1) is 16.9. The van der Waals surface area contributed by atoms with Crippen LogP contribution in [-0.4, -0.2) is 32.7 Å². The summed E-state index contributed by atoms with van der Waals surface area (Å²) in [5, 5.41) is 10.4. The molecule has 0 saturated heterocycles. The van der Waals surface area contributed by atoms with Crippen LogP contribution in [0.3, 0.4) is 0 Å². The molecule has 1 atom stereocenters. The lowest BCUT2D eigenvalue weighted by molar-refractivity contribution is 0.192. The maximum absolute atomic E-state index is 13.8. The fraction of sp³-hybridized carbons (Fsp3) is 0.400. The number of aryl methyl sites for hydroxylation is 1. The topological polar surface area (TPSA) is 63.1 Å². The molecule has 6 nitrogen and oxygen atoms in total. The standard InChI is InChI=1S/C15H19F2N5O/c1-4-22-9-19-20-14(22)8-18-15(23)21(3)10(2)12-7-11(16)5-6-13(12)17/h5-7,9-10H,4,8H2,1-3H3,(H,18,23)/t10-/m1/s1. The number of nitrogens with zero attached hydrogens (tertiary/aromatic N) is 4. The highest BCUT2D eigenvalue weighted by Crippen LogP contribution is 2.22. The number of aromatic nitrogens is 3. The molecule has 23 heavy (non-hydrogen) atoms. The highest BCUT2D eigenvalue weighted by molar-refractivity contribution is 5.74. The normalized spacial score (nSPS) is 12.0. The molecule has 0 aliphatic carbocycles. The van der Waals surface area contributed by atoms with Gasteiger partial charge in [0.05, 0.1) is 12.6 Å². The third-order valence-corrected chi connectivity index (χ3v) is 3.74. The van der Waals surface area contributed by atoms with Crippen LogP contribution in [-0.2, 0) is 13.1 Å². The lowest BCUT2D eigenvalue weighted by Gasteiger charge is -2.25. The molecule has 1 N–H and O–H groups in total. The molecule has 0 aliphatic heterocycles. The average Bonchev–Trinajstić information content (AvgIpc) is 3.01. The van der Waals surface area contributed by atoms with Crippen molar-refractivity contribution in [3.8, 4) is 0 Å². The number of halogens is 2. The Labute approximate surface area is 133 Å². The van der Waals surface area contributed by atoms with E-state index < -0.39 is 23.7 Å². The molecule has 0 fully saturated rings. The van der Waals surface area contributed by atoms with Crippen LogP contribution in [0.5, 0.6) is 0 Å². The quantitative estimate of drug-likeness (QED) is 0.919. The van der Waals surface area contributed by atoms with Crippen LogP contribution in [0.1, 0.15) is 31.3 Å². The number of hydrogen-bond acceptors (Lipinski definition) is 3. The molecule has 2 rings (SSSR count). The van der Waals surface area contributed by atoms with E-state index in [1.807, 2.05) is 6.92 Å². The van der Waals surface area contributed by atoms with Crippen LogP contribution in [0, 0.1) is 11.6 Å². The van der Waals surface area contributed by atoms with Crippen molar-refractivity contribution in [2.24, 2.45) is 0 Å². The summed E-state index contributed by atoms with van der Waals surface area (Å²) in [5.41, 5.74) is 0.124. The fourth-order valence-corrected chi connectivity index (χ4v) is 2.18. The summed E-state index contributed by atoms with van der Waals surface area (Å²) in [6.45, 7) is 4.47. The van der Waals surface area contributed by atoms with Crippen molar-refractivity contribution >= 4 is 6.03 Å². The number of carbonyl (C=O) groups is 1. The molecule has 2 amide bonds. The predicted octanol–water partition coefficient (Wildman–Crippen LogP) is 2.48. The van der Waals surface area contributed by atoms with Crippen LogP contribution in [0.15, 0.2) is 24.5 Å². The lowest BCUT2D eigenvalue weighted by atomic mass is 10.1. The van der Waals surface area contributed by atoms with Crippen LogP contribution in [0.2, 0.25) is 0 Å². The highest BCUT2D eigenvalue weighted by atomic mass is 19.1. The minimum absolute atomic E-state index is 0.124. The Hall–Kier alpha value is -2.51. The minimum atomic E-state index is -0.616. The number of nitrogens with one attached hydrogen (secondary N) is 1. The molecule has 8 heteroatoms. The number of amides is 2. The van der Waals surface area contributed by atoms with Crippen LogP contribution < -0.4 is 5.32 Å². The van der Waals surface area contributed by atoms with E-state index in [2.05, 4.69) is 15.5 Å². The van der Waals surface area contributed by atoms with E-state index >= 15 is 0 Å². The van der Waals surface area contributed by atoms with E-state index in [0.717, 1.165) is 18.2 Å². The molecule has 0 bridgehead atoms. The minimum Gasteiger partial charge on any atom is -0.331 e. The molecule has 0 aliphatic rings. The molecular weight excluding hydrogens is 304 g/mol. The van der Waals surface area contributed by atoms with Crippen molar-refractivity contribution in [1.29, 1.82) is 0 Å². The Morgan fingerprint density at radius 2 is 2.17 bits per heavy atom. The van der Waals surface area contributed by atoms with E-state index in [9.17, 15) is 13.6 Å². The van der Waals surface area contributed by atoms with Gasteiger partial charge in [0.15, 0.2) is 5.82 Å². The highest BCUT2D eigenvalue weighted by Gasteiger charge is 2.21. The van der Waals surface area contributed by atoms with Crippen LogP contribution in [0.25, 0.3) is 0 Å². The molecule has 124 valence electrons. The summed E-state index contributed by atoms with van der Waals surface area (Å²) in [4.78, 5) is 13.5. The Balaban J connectivity index is 2.02. The average molecular weight is 323 g/mol. The maximum atomic E-state index is 13.8. The number of hydrogen-bond donors (Lipinski definition) is 1. The van der Waals surface area contributed by atoms with Crippen molar-refractivity contribution in [2.75, 3.05) is 7.05 Å². The predicted molar refractivity (Wildman–Crippen MR) is 80.5 cm³/mol. The summed E-state index contributed by atoms with van der Waals surface area (Å²) in [5.74, 6) is -0.471. The molecule has 1 heterocycles. The van der Waals surface area contributed by atoms with Gasteiger partial charge in [-0.3, -0.25) is 0 Å². The first-order valence-electron chi connectivity index (χ1n) is 7.26. The van der Waals surface area contributed by atoms with Gasteiger partial charge in [-0.1, -0.05) is 0 Å². The van der Waals surface area contributed by atoms with E-state index in [1.165, 1.54) is 11.9 Å². The number of urea groups is 1. The van der Waals surface area contributed by atoms with Crippen molar-refractivity contribution in [2.45, 2.75) is 33.0 Å². The van der Waals surface area contributed by atoms with Gasteiger partial charge in [0, 0.05) is 19.2 Å². The van der Waals surface area contributed by atoms with Gasteiger partial charge in [-0.25, -0.2) is 13.6 Å². The molecule has 1 aromatic carbocycles. The summed E-state index contributed by atoms with van der Waals surface area (Å²) >= 11 is 0. The molecule has 0 unspecified atom stereocenters. The van der Waals surface area contributed by atoms with Crippen LogP contribution >= 0.6 is 0 Å². The van der Waals surface area contributed by atoms with E-state index in [0.29, 0.717) is 12.4 Å². The number of carbonyl (C=O) groups excluding carboxylic acids is 1. The SMILES string of the molecule is CCn1cnnc1CNC(=O)N(C)[C@H](C)c1cc(F)ccc1F. The van der Waals surface area contributed by atoms with Gasteiger partial charge in [0.25, 0.3) is 0 Å². The third kappa shape index (κ3) is 3.82. The van der Waals surface area contributed by atoms with Gasteiger partial charge in [0.2, 0.25) is 0 Å².